The van der Waals surface area contributed by atoms with Crippen molar-refractivity contribution in [2.24, 2.45) is 0 Å². The molecule has 0 N–H and O–H groups in total. The second-order valence-corrected chi connectivity index (χ2v) is 14.8. The minimum absolute atomic E-state index is 0.969. The van der Waals surface area contributed by atoms with Gasteiger partial charge >= 0.3 is 62.5 Å². The molecule has 1 saturated heterocycles. The summed E-state index contributed by atoms with van der Waals surface area (Å²) in [6.07, 6.45) is 0. The molecule has 0 atom stereocenters. The molecular weight excluding hydrogens is 247 g/mol. The number of rotatable bonds is 2. The van der Waals surface area contributed by atoms with E-state index < -0.39 is 30.6 Å². The fraction of sp³-hybridized carbons (Fsp3) is 1.00. The Kier molecular flexibility index (Phi) is 2.53. The van der Waals surface area contributed by atoms with E-state index in [0.717, 1.165) is 8.87 Å². The van der Waals surface area contributed by atoms with E-state index >= 15 is 0 Å². The van der Waals surface area contributed by atoms with Crippen molar-refractivity contribution in [3.8, 4) is 0 Å². The number of hydrogen-bond donors (Lipinski definition) is 0. The predicted octanol–water partition coefficient (Wildman–Crippen LogP) is 1.09. The van der Waals surface area contributed by atoms with Gasteiger partial charge in [-0.05, 0) is 0 Å². The average molecular weight is 257 g/mol. The maximum absolute atomic E-state index is 10.4. The molecule has 1 rings (SSSR count). The maximum atomic E-state index is 10.4. The molecular formula is C4H10O3SSn. The first-order valence-electron chi connectivity index (χ1n) is 3.03. The van der Waals surface area contributed by atoms with Crippen molar-refractivity contribution in [1.29, 1.82) is 0 Å². The summed E-state index contributed by atoms with van der Waals surface area (Å²) < 4.78 is 22.5. The van der Waals surface area contributed by atoms with Gasteiger partial charge in [0.25, 0.3) is 0 Å². The molecule has 1 fully saturated rings. The van der Waals surface area contributed by atoms with Crippen molar-refractivity contribution in [2.75, 3.05) is 0 Å². The van der Waals surface area contributed by atoms with E-state index in [9.17, 15) is 4.21 Å². The van der Waals surface area contributed by atoms with Crippen LogP contribution in [-0.4, -0.2) is 23.4 Å². The molecule has 0 aromatic carbocycles. The molecule has 0 saturated carbocycles. The first kappa shape index (κ1) is 7.97. The van der Waals surface area contributed by atoms with Crippen LogP contribution in [0.15, 0.2) is 0 Å². The van der Waals surface area contributed by atoms with Gasteiger partial charge in [0, 0.05) is 0 Å². The standard InChI is InChI=1S/2C2H5.H2O3S.Sn/c2*1-2;1-4(2)3;/h2*1H2,2H3;(H2,1,2,3);/q;;;+2/p-2. The minimum atomic E-state index is -2.54. The van der Waals surface area contributed by atoms with E-state index in [4.69, 9.17) is 5.04 Å². The summed E-state index contributed by atoms with van der Waals surface area (Å²) in [5, 5.41) is 0. The Bertz CT molecular complexity index is 124. The van der Waals surface area contributed by atoms with Crippen LogP contribution < -0.4 is 0 Å². The van der Waals surface area contributed by atoms with E-state index in [1.54, 1.807) is 0 Å². The molecule has 0 unspecified atom stereocenters. The van der Waals surface area contributed by atoms with Crippen LogP contribution in [-0.2, 0) is 16.4 Å². The number of hydrogen-bond acceptors (Lipinski definition) is 3. The van der Waals surface area contributed by atoms with Gasteiger partial charge in [-0.1, -0.05) is 0 Å². The summed E-state index contributed by atoms with van der Waals surface area (Å²) in [5.41, 5.74) is 0. The van der Waals surface area contributed by atoms with Crippen LogP contribution >= 0.6 is 0 Å². The Morgan fingerprint density at radius 2 is 1.78 bits per heavy atom. The van der Waals surface area contributed by atoms with E-state index in [2.05, 4.69) is 0 Å². The van der Waals surface area contributed by atoms with Crippen molar-refractivity contribution < 1.29 is 9.25 Å². The topological polar surface area (TPSA) is 35.5 Å². The van der Waals surface area contributed by atoms with Crippen LogP contribution in [0, 0.1) is 0 Å². The van der Waals surface area contributed by atoms with Crippen LogP contribution in [0.2, 0.25) is 8.87 Å². The van der Waals surface area contributed by atoms with Crippen LogP contribution in [0.5, 0.6) is 0 Å². The Morgan fingerprint density at radius 1 is 1.33 bits per heavy atom. The third-order valence-corrected chi connectivity index (χ3v) is 16.1. The second kappa shape index (κ2) is 2.85. The van der Waals surface area contributed by atoms with Gasteiger partial charge in [-0.2, -0.15) is 0 Å². The van der Waals surface area contributed by atoms with Gasteiger partial charge in [0.1, 0.15) is 0 Å². The molecule has 9 heavy (non-hydrogen) atoms. The Labute approximate surface area is 62.6 Å². The third-order valence-electron chi connectivity index (χ3n) is 1.52. The first-order valence-corrected chi connectivity index (χ1v) is 10.4. The van der Waals surface area contributed by atoms with E-state index in [1.807, 2.05) is 13.8 Å². The van der Waals surface area contributed by atoms with Crippen LogP contribution in [0.25, 0.3) is 0 Å². The zero-order valence-electron chi connectivity index (χ0n) is 5.55. The monoisotopic (exact) mass is 258 g/mol. The Morgan fingerprint density at radius 3 is 1.89 bits per heavy atom. The first-order chi connectivity index (χ1) is 4.22. The van der Waals surface area contributed by atoms with Crippen LogP contribution in [0.4, 0.5) is 0 Å². The Hall–Kier alpha value is 0.869. The van der Waals surface area contributed by atoms with Gasteiger partial charge in [0.05, 0.1) is 0 Å². The summed E-state index contributed by atoms with van der Waals surface area (Å²) in [4.78, 5) is 0. The quantitative estimate of drug-likeness (QED) is 0.694. The predicted molar refractivity (Wildman–Crippen MR) is 37.0 cm³/mol. The molecule has 0 amide bonds. The average Bonchev–Trinajstić information content (AvgIpc) is 1.81. The summed E-state index contributed by atoms with van der Waals surface area (Å²) in [5.74, 6) is 0. The summed E-state index contributed by atoms with van der Waals surface area (Å²) in [7, 11) is 0. The second-order valence-electron chi connectivity index (χ2n) is 1.99. The van der Waals surface area contributed by atoms with Gasteiger partial charge < -0.3 is 0 Å². The van der Waals surface area contributed by atoms with Crippen molar-refractivity contribution in [2.45, 2.75) is 22.7 Å². The normalized spacial score (nSPS) is 25.6. The summed E-state index contributed by atoms with van der Waals surface area (Å²) >= 11 is -3.90. The van der Waals surface area contributed by atoms with Gasteiger partial charge in [-0.15, -0.1) is 0 Å². The molecule has 0 spiro atoms. The van der Waals surface area contributed by atoms with Crippen molar-refractivity contribution in [3.63, 3.8) is 0 Å². The van der Waals surface area contributed by atoms with Gasteiger partial charge in [-0.3, -0.25) is 0 Å². The van der Waals surface area contributed by atoms with Gasteiger partial charge in [-0.25, -0.2) is 0 Å². The van der Waals surface area contributed by atoms with Crippen molar-refractivity contribution in [3.05, 3.63) is 0 Å². The molecule has 0 bridgehead atoms. The fourth-order valence-electron chi connectivity index (χ4n) is 0.740. The van der Waals surface area contributed by atoms with E-state index in [0.29, 0.717) is 0 Å². The van der Waals surface area contributed by atoms with Gasteiger partial charge in [0.2, 0.25) is 0 Å². The molecule has 0 aromatic heterocycles. The molecule has 54 valence electrons. The molecule has 1 heterocycles. The fourth-order valence-corrected chi connectivity index (χ4v) is 11.5. The van der Waals surface area contributed by atoms with Gasteiger partial charge in [0.15, 0.2) is 0 Å². The molecule has 5 heteroatoms. The van der Waals surface area contributed by atoms with Crippen molar-refractivity contribution >= 4 is 30.6 Å². The molecule has 0 aromatic rings. The van der Waals surface area contributed by atoms with Crippen LogP contribution in [0.1, 0.15) is 13.8 Å². The summed E-state index contributed by atoms with van der Waals surface area (Å²) in [6.45, 7) is 4.08. The molecule has 0 radical (unpaired) electrons. The zero-order valence-corrected chi connectivity index (χ0v) is 9.22. The van der Waals surface area contributed by atoms with E-state index in [-0.39, 0.29) is 0 Å². The van der Waals surface area contributed by atoms with E-state index in [1.165, 1.54) is 0 Å². The Balaban J connectivity index is 2.44. The molecule has 3 nitrogen and oxygen atoms in total. The SMILES string of the molecule is C[CH2][Sn]1([CH2]C)[O]S(=O)[O]1. The van der Waals surface area contributed by atoms with Crippen LogP contribution in [0.3, 0.4) is 0 Å². The summed E-state index contributed by atoms with van der Waals surface area (Å²) in [6, 6.07) is 0. The molecule has 1 aliphatic heterocycles. The molecule has 0 aliphatic carbocycles. The molecule has 1 aliphatic rings. The zero-order chi connectivity index (χ0) is 6.91. The van der Waals surface area contributed by atoms with Crippen molar-refractivity contribution in [1.82, 2.24) is 0 Å². The third kappa shape index (κ3) is 1.47.